The van der Waals surface area contributed by atoms with Crippen LogP contribution in [0, 0.1) is 17.0 Å². The molecule has 2 aromatic carbocycles. The van der Waals surface area contributed by atoms with Crippen molar-refractivity contribution in [2.75, 3.05) is 5.32 Å². The second-order valence-corrected chi connectivity index (χ2v) is 5.59. The number of hydrogen-bond acceptors (Lipinski definition) is 4. The van der Waals surface area contributed by atoms with E-state index in [0.29, 0.717) is 17.3 Å². The van der Waals surface area contributed by atoms with Gasteiger partial charge in [0.2, 0.25) is 0 Å². The molecular weight excluding hydrogens is 326 g/mol. The van der Waals surface area contributed by atoms with Gasteiger partial charge in [0.15, 0.2) is 0 Å². The molecule has 0 saturated carbocycles. The summed E-state index contributed by atoms with van der Waals surface area (Å²) in [7, 11) is 0. The van der Waals surface area contributed by atoms with E-state index in [1.54, 1.807) is 12.1 Å². The van der Waals surface area contributed by atoms with Gasteiger partial charge >= 0.3 is 0 Å². The molecule has 2 aromatic rings. The highest BCUT2D eigenvalue weighted by molar-refractivity contribution is 7.99. The van der Waals surface area contributed by atoms with Gasteiger partial charge in [0, 0.05) is 10.5 Å². The third-order valence-corrected chi connectivity index (χ3v) is 3.80. The molecule has 8 heteroatoms. The second kappa shape index (κ2) is 7.19. The van der Waals surface area contributed by atoms with Gasteiger partial charge < -0.3 is 5.32 Å². The Morgan fingerprint density at radius 1 is 1.22 bits per heavy atom. The molecule has 2 rings (SSSR count). The molecule has 1 N–H and O–H groups in total. The number of para-hydroxylation sites is 2. The Hall–Kier alpha value is -2.48. The van der Waals surface area contributed by atoms with E-state index >= 15 is 0 Å². The molecule has 1 amide bonds. The average molecular weight is 338 g/mol. The van der Waals surface area contributed by atoms with Crippen LogP contribution in [-0.4, -0.2) is 16.6 Å². The van der Waals surface area contributed by atoms with E-state index in [-0.39, 0.29) is 21.8 Å². The molecule has 0 aliphatic carbocycles. The van der Waals surface area contributed by atoms with Gasteiger partial charge in [-0.05, 0) is 25.1 Å². The molecule has 23 heavy (non-hydrogen) atoms. The first-order valence-electron chi connectivity index (χ1n) is 6.49. The number of alkyl halides is 2. The maximum Gasteiger partial charge on any atom is 0.288 e. The Morgan fingerprint density at radius 2 is 1.91 bits per heavy atom. The maximum atomic E-state index is 12.5. The van der Waals surface area contributed by atoms with Crippen molar-refractivity contribution in [2.24, 2.45) is 0 Å². The smallest absolute Gasteiger partial charge is 0.288 e. The summed E-state index contributed by atoms with van der Waals surface area (Å²) in [6.45, 7) is 1.52. The molecule has 0 saturated heterocycles. The van der Waals surface area contributed by atoms with Gasteiger partial charge in [-0.15, -0.1) is 0 Å². The number of nitro groups is 1. The molecular formula is C15H12F2N2O3S. The summed E-state index contributed by atoms with van der Waals surface area (Å²) < 4.78 is 25.1. The van der Waals surface area contributed by atoms with E-state index in [1.165, 1.54) is 37.3 Å². The summed E-state index contributed by atoms with van der Waals surface area (Å²) >= 11 is 0.294. The highest BCUT2D eigenvalue weighted by Crippen LogP contribution is 2.32. The van der Waals surface area contributed by atoms with Crippen molar-refractivity contribution < 1.29 is 18.5 Å². The molecule has 0 heterocycles. The number of rotatable bonds is 5. The van der Waals surface area contributed by atoms with Gasteiger partial charge in [0.25, 0.3) is 17.4 Å². The lowest BCUT2D eigenvalue weighted by Gasteiger charge is -2.11. The maximum absolute atomic E-state index is 12.5. The third kappa shape index (κ3) is 4.04. The monoisotopic (exact) mass is 338 g/mol. The van der Waals surface area contributed by atoms with Crippen LogP contribution in [0.15, 0.2) is 47.4 Å². The number of thioether (sulfide) groups is 1. The standard InChI is InChI=1S/C15H12F2N2O3S/c1-9-5-4-6-10(13(9)19(21)22)14(20)18-11-7-2-3-8-12(11)23-15(16)17/h2-8,15H,1H3,(H,18,20). The minimum absolute atomic E-state index is 0.119. The quantitative estimate of drug-likeness (QED) is 0.496. The van der Waals surface area contributed by atoms with Crippen LogP contribution in [0.25, 0.3) is 0 Å². The lowest BCUT2D eigenvalue weighted by atomic mass is 10.1. The molecule has 0 aliphatic heterocycles. The Balaban J connectivity index is 2.34. The number of aryl methyl sites for hydroxylation is 1. The van der Waals surface area contributed by atoms with Crippen molar-refractivity contribution in [3.05, 3.63) is 63.7 Å². The first-order valence-corrected chi connectivity index (χ1v) is 7.37. The number of carbonyl (C=O) groups excluding carboxylic acids is 1. The fraction of sp³-hybridized carbons (Fsp3) is 0.133. The number of nitro benzene ring substituents is 1. The zero-order chi connectivity index (χ0) is 17.0. The van der Waals surface area contributed by atoms with Crippen molar-refractivity contribution in [3.63, 3.8) is 0 Å². The highest BCUT2D eigenvalue weighted by atomic mass is 32.2. The van der Waals surface area contributed by atoms with Crippen molar-refractivity contribution in [1.29, 1.82) is 0 Å². The third-order valence-electron chi connectivity index (χ3n) is 3.02. The summed E-state index contributed by atoms with van der Waals surface area (Å²) in [4.78, 5) is 23.0. The number of halogens is 2. The Morgan fingerprint density at radius 3 is 2.57 bits per heavy atom. The lowest BCUT2D eigenvalue weighted by molar-refractivity contribution is -0.385. The van der Waals surface area contributed by atoms with Crippen LogP contribution in [0.3, 0.4) is 0 Å². The van der Waals surface area contributed by atoms with Crippen LogP contribution in [-0.2, 0) is 0 Å². The van der Waals surface area contributed by atoms with E-state index in [2.05, 4.69) is 5.32 Å². The van der Waals surface area contributed by atoms with E-state index in [1.807, 2.05) is 0 Å². The van der Waals surface area contributed by atoms with Gasteiger partial charge in [0.1, 0.15) is 5.56 Å². The Labute approximate surface area is 134 Å². The molecule has 5 nitrogen and oxygen atoms in total. The van der Waals surface area contributed by atoms with Gasteiger partial charge in [-0.1, -0.05) is 36.0 Å². The van der Waals surface area contributed by atoms with Crippen molar-refractivity contribution >= 4 is 29.0 Å². The number of anilines is 1. The van der Waals surface area contributed by atoms with Crippen molar-refractivity contribution in [3.8, 4) is 0 Å². The molecule has 0 spiro atoms. The van der Waals surface area contributed by atoms with Gasteiger partial charge in [-0.25, -0.2) is 0 Å². The SMILES string of the molecule is Cc1cccc(C(=O)Nc2ccccc2SC(F)F)c1[N+](=O)[O-]. The Bertz CT molecular complexity index is 753. The summed E-state index contributed by atoms with van der Waals surface area (Å²) in [6.07, 6.45) is 0. The zero-order valence-corrected chi connectivity index (χ0v) is 12.8. The van der Waals surface area contributed by atoms with Gasteiger partial charge in [-0.3, -0.25) is 14.9 Å². The van der Waals surface area contributed by atoms with Crippen LogP contribution in [0.2, 0.25) is 0 Å². The number of carbonyl (C=O) groups is 1. The van der Waals surface area contributed by atoms with Crippen molar-refractivity contribution in [1.82, 2.24) is 0 Å². The minimum atomic E-state index is -2.64. The molecule has 0 aromatic heterocycles. The number of benzene rings is 2. The molecule has 0 unspecified atom stereocenters. The van der Waals surface area contributed by atoms with Gasteiger partial charge in [-0.2, -0.15) is 8.78 Å². The summed E-state index contributed by atoms with van der Waals surface area (Å²) in [6, 6.07) is 10.4. The molecule has 120 valence electrons. The lowest BCUT2D eigenvalue weighted by Crippen LogP contribution is -2.15. The van der Waals surface area contributed by atoms with Gasteiger partial charge in [0.05, 0.1) is 10.6 Å². The topological polar surface area (TPSA) is 72.2 Å². The summed E-state index contributed by atoms with van der Waals surface area (Å²) in [5, 5.41) is 13.6. The molecule has 0 bridgehead atoms. The fourth-order valence-corrected chi connectivity index (χ4v) is 2.64. The normalized spacial score (nSPS) is 10.6. The van der Waals surface area contributed by atoms with Crippen LogP contribution in [0.1, 0.15) is 15.9 Å². The minimum Gasteiger partial charge on any atom is -0.321 e. The van der Waals surface area contributed by atoms with Crippen LogP contribution >= 0.6 is 11.8 Å². The van der Waals surface area contributed by atoms with E-state index in [9.17, 15) is 23.7 Å². The van der Waals surface area contributed by atoms with E-state index < -0.39 is 16.6 Å². The molecule has 0 aliphatic rings. The fourth-order valence-electron chi connectivity index (χ4n) is 2.04. The van der Waals surface area contributed by atoms with Crippen LogP contribution in [0.4, 0.5) is 20.2 Å². The highest BCUT2D eigenvalue weighted by Gasteiger charge is 2.23. The Kier molecular flexibility index (Phi) is 5.28. The molecule has 0 atom stereocenters. The first kappa shape index (κ1) is 16.9. The van der Waals surface area contributed by atoms with Crippen LogP contribution in [0.5, 0.6) is 0 Å². The number of nitrogens with zero attached hydrogens (tertiary/aromatic N) is 1. The van der Waals surface area contributed by atoms with Crippen LogP contribution < -0.4 is 5.32 Å². The molecule has 0 fully saturated rings. The predicted molar refractivity (Wildman–Crippen MR) is 84.1 cm³/mol. The van der Waals surface area contributed by atoms with E-state index in [4.69, 9.17) is 0 Å². The summed E-state index contributed by atoms with van der Waals surface area (Å²) in [5.74, 6) is -3.36. The number of amides is 1. The number of hydrogen-bond donors (Lipinski definition) is 1. The predicted octanol–water partition coefficient (Wildman–Crippen LogP) is 4.47. The first-order chi connectivity index (χ1) is 10.9. The average Bonchev–Trinajstić information content (AvgIpc) is 2.48. The summed E-state index contributed by atoms with van der Waals surface area (Å²) in [5.41, 5.74) is 0.104. The largest absolute Gasteiger partial charge is 0.321 e. The molecule has 0 radical (unpaired) electrons. The van der Waals surface area contributed by atoms with E-state index in [0.717, 1.165) is 0 Å². The zero-order valence-electron chi connectivity index (χ0n) is 12.0. The second-order valence-electron chi connectivity index (χ2n) is 4.56. The van der Waals surface area contributed by atoms with Crippen molar-refractivity contribution in [2.45, 2.75) is 17.6 Å². The number of nitrogens with one attached hydrogen (secondary N) is 1.